The Morgan fingerprint density at radius 1 is 0.738 bits per heavy atom. The Labute approximate surface area is 473 Å². The van der Waals surface area contributed by atoms with E-state index >= 15 is 0 Å². The summed E-state index contributed by atoms with van der Waals surface area (Å²) in [6.45, 7) is 16.9. The fraction of sp³-hybridized carbons (Fsp3) is 0.257. The van der Waals surface area contributed by atoms with Gasteiger partial charge >= 0.3 is 0 Å². The second-order valence-electron chi connectivity index (χ2n) is 11.6. The van der Waals surface area contributed by atoms with Crippen LogP contribution in [-0.4, -0.2) is 73.5 Å². The van der Waals surface area contributed by atoms with E-state index in [4.69, 9.17) is 10.2 Å². The van der Waals surface area contributed by atoms with E-state index in [0.717, 1.165) is 38.2 Å². The number of aliphatic hydroxyl groups is 2. The predicted octanol–water partition coefficient (Wildman–Crippen LogP) is 15.7. The number of rotatable bonds is 12. The van der Waals surface area contributed by atoms with Gasteiger partial charge in [-0.05, 0) is 73.7 Å². The summed E-state index contributed by atoms with van der Waals surface area (Å²) in [5, 5.41) is 20.4. The molecule has 16 atom stereocenters. The van der Waals surface area contributed by atoms with E-state index in [1.165, 1.54) is 21.6 Å². The van der Waals surface area contributed by atoms with Gasteiger partial charge in [-0.2, -0.15) is 70.7 Å². The van der Waals surface area contributed by atoms with Crippen molar-refractivity contribution < 1.29 is 90.0 Å². The van der Waals surface area contributed by atoms with Crippen LogP contribution in [0.25, 0.3) is 16.7 Å². The molecular formula is C35H58N2O6P20Y2-4. The molecule has 1 aromatic heterocycles. The molecule has 2 N–H and O–H groups in total. The number of benzene rings is 2. The quantitative estimate of drug-likeness (QED) is 0.138. The van der Waals surface area contributed by atoms with Crippen LogP contribution in [0, 0.1) is 26.0 Å². The molecule has 0 bridgehead atoms. The van der Waals surface area contributed by atoms with Gasteiger partial charge in [0.05, 0.1) is 13.1 Å². The first-order valence-corrected chi connectivity index (χ1v) is 53.7. The number of pyridine rings is 1. The van der Waals surface area contributed by atoms with Gasteiger partial charge in [-0.3, -0.25) is 19.2 Å². The third kappa shape index (κ3) is 26.4. The molecule has 30 heteroatoms. The molecule has 0 fully saturated rings. The molecule has 0 spiro atoms. The van der Waals surface area contributed by atoms with Crippen LogP contribution >= 0.6 is 160 Å². The van der Waals surface area contributed by atoms with Gasteiger partial charge < -0.3 is 33.5 Å². The van der Waals surface area contributed by atoms with Crippen molar-refractivity contribution in [2.24, 2.45) is 0 Å². The number of hydrogen-bond acceptors (Lipinski definition) is 6. The van der Waals surface area contributed by atoms with Gasteiger partial charge in [-0.1, -0.05) is 77.3 Å². The zero-order valence-electron chi connectivity index (χ0n) is 36.5. The number of carbonyl (C=O) groups excluding carboxylic acids is 3. The molecule has 0 aliphatic carbocycles. The zero-order chi connectivity index (χ0) is 47.8. The van der Waals surface area contributed by atoms with Gasteiger partial charge in [0.15, 0.2) is 11.6 Å². The smallest absolute Gasteiger partial charge is 0.251 e. The Morgan fingerprint density at radius 3 is 1.52 bits per heavy atom. The summed E-state index contributed by atoms with van der Waals surface area (Å²) in [4.78, 5) is 47.0. The average Bonchev–Trinajstić information content (AvgIpc) is 3.92. The number of carbonyl (C=O) groups is 3. The number of hydrogen-bond donors (Lipinski definition) is 2. The van der Waals surface area contributed by atoms with E-state index in [9.17, 15) is 19.2 Å². The summed E-state index contributed by atoms with van der Waals surface area (Å²) in [5.74, 6) is -0.928. The number of aliphatic hydroxyl groups excluding tert-OH is 2. The Morgan fingerprint density at radius 2 is 1.15 bits per heavy atom. The van der Waals surface area contributed by atoms with Crippen LogP contribution in [-0.2, 0) is 86.3 Å². The molecule has 4 heterocycles. The fourth-order valence-electron chi connectivity index (χ4n) is 4.86. The molecule has 2 aromatic carbocycles. The van der Waals surface area contributed by atoms with Crippen LogP contribution in [0.2, 0.25) is 0 Å². The standard InChI is InChI=1S/C14H12NO3.C13H12NO3.2C2H11P10.2C2H6.2Y/c16-10-13(17)9-15-7-6-12(8-14(15)18)11-4-2-1-3-5-11;15-9-12(16)8-14-7-11(6-13(14)17)10-4-2-1-3-5-10;2*1-2-7-11(6)12(8-3)9(2)10(4)5;2*1-2;;/h2-8,16H,9-10H2;2-6,15H,7-9H2;2*8H,1,3-6H2;2*1-2H3;;/q4*-1;;;;. The molecule has 65 heavy (non-hydrogen) atoms. The Kier molecular flexibility index (Phi) is 47.5. The fourth-order valence-corrected chi connectivity index (χ4v) is 172. The summed E-state index contributed by atoms with van der Waals surface area (Å²) in [5.41, 5.74) is 3.29. The van der Waals surface area contributed by atoms with Crippen LogP contribution in [0.4, 0.5) is 0 Å². The van der Waals surface area contributed by atoms with Crippen molar-refractivity contribution in [1.29, 1.82) is 0 Å². The van der Waals surface area contributed by atoms with E-state index in [1.807, 2.05) is 52.0 Å². The van der Waals surface area contributed by atoms with Gasteiger partial charge in [0, 0.05) is 90.3 Å². The van der Waals surface area contributed by atoms with Gasteiger partial charge in [-0.15, -0.1) is 64.7 Å². The largest absolute Gasteiger partial charge is 0.389 e. The number of aromatic nitrogens is 1. The number of Topliss-reactive ketones (excluding diaryl/α,β-unsaturated/α-hetero) is 2. The zero-order valence-corrected chi connectivity index (χ0v) is 62.4. The Balaban J connectivity index is 0. The molecule has 16 unspecified atom stereocenters. The Hall–Kier alpha value is 6.15. The molecular weight excluding hydrogens is 1340 g/mol. The number of ketones is 2. The molecule has 354 valence electrons. The van der Waals surface area contributed by atoms with E-state index < -0.39 is 13.2 Å². The minimum absolute atomic E-state index is 0. The minimum atomic E-state index is -0.553. The van der Waals surface area contributed by atoms with Crippen molar-refractivity contribution in [2.75, 3.05) is 26.3 Å². The molecule has 3 aliphatic rings. The maximum Gasteiger partial charge on any atom is 0.251 e. The number of nitrogens with zero attached hydrogens (tertiary/aromatic N) is 2. The summed E-state index contributed by atoms with van der Waals surface area (Å²) in [6.07, 6.45) is 3.09. The van der Waals surface area contributed by atoms with Gasteiger partial charge in [0.25, 0.3) is 5.56 Å². The van der Waals surface area contributed by atoms with E-state index in [0.29, 0.717) is 20.5 Å². The van der Waals surface area contributed by atoms with Gasteiger partial charge in [0.1, 0.15) is 13.2 Å². The first kappa shape index (κ1) is 73.2. The third-order valence-electron chi connectivity index (χ3n) is 7.49. The van der Waals surface area contributed by atoms with Crippen LogP contribution in [0.5, 0.6) is 0 Å². The molecule has 1 amide bonds. The van der Waals surface area contributed by atoms with Crippen molar-refractivity contribution >= 4 is 193 Å². The van der Waals surface area contributed by atoms with Crippen molar-refractivity contribution in [3.05, 3.63) is 115 Å². The molecule has 6 rings (SSSR count). The number of amides is 1. The van der Waals surface area contributed by atoms with Gasteiger partial charge in [0.2, 0.25) is 5.91 Å². The second-order valence-corrected chi connectivity index (χ2v) is 82.1. The Bertz CT molecular complexity index is 1980. The molecule has 3 aromatic rings. The first-order chi connectivity index (χ1) is 30.1. The maximum absolute atomic E-state index is 11.8. The minimum Gasteiger partial charge on any atom is -0.389 e. The topological polar surface area (TPSA) is 117 Å². The van der Waals surface area contributed by atoms with E-state index in [-0.39, 0.29) is 144 Å². The molecule has 2 radical (unpaired) electrons. The predicted molar refractivity (Wildman–Crippen MR) is 336 cm³/mol. The van der Waals surface area contributed by atoms with Crippen LogP contribution in [0.1, 0.15) is 33.3 Å². The van der Waals surface area contributed by atoms with Crippen molar-refractivity contribution in [1.82, 2.24) is 9.47 Å². The van der Waals surface area contributed by atoms with E-state index in [2.05, 4.69) is 97.4 Å². The maximum atomic E-state index is 11.8. The summed E-state index contributed by atoms with van der Waals surface area (Å²) >= 11 is 0. The normalized spacial score (nSPS) is 21.0. The SMILES string of the molecule is CC.CC.O=C(CO)CN1CC(c2cc[c-]cc2)=CC1=O.O=C(CO)Cn1ccc(-c2cc[c-]cc2)cc1=O.[CH2-]C1=PP(P)P(PP)P1P(P)P.[CH2-]C1=PP(P)P(PP)P1P(P)P.[Y].[Y]. The second kappa shape index (κ2) is 42.2. The van der Waals surface area contributed by atoms with Crippen molar-refractivity contribution in [3.8, 4) is 11.1 Å². The summed E-state index contributed by atoms with van der Waals surface area (Å²) in [6, 6.07) is 23.6. The van der Waals surface area contributed by atoms with Crippen LogP contribution in [0.15, 0.2) is 77.7 Å². The monoisotopic (exact) mass is 1400 g/mol. The molecule has 0 saturated heterocycles. The third-order valence-corrected chi connectivity index (χ3v) is 114. The van der Waals surface area contributed by atoms with Crippen LogP contribution < -0.4 is 5.56 Å². The molecule has 3 aliphatic heterocycles. The molecule has 0 saturated carbocycles. The van der Waals surface area contributed by atoms with Gasteiger partial charge in [-0.25, -0.2) is 0 Å². The summed E-state index contributed by atoms with van der Waals surface area (Å²) in [7, 11) is 29.7. The van der Waals surface area contributed by atoms with Crippen molar-refractivity contribution in [2.45, 2.75) is 34.2 Å². The van der Waals surface area contributed by atoms with Crippen LogP contribution in [0.3, 0.4) is 0 Å². The molecule has 8 nitrogen and oxygen atoms in total. The van der Waals surface area contributed by atoms with Crippen molar-refractivity contribution in [3.63, 3.8) is 0 Å². The summed E-state index contributed by atoms with van der Waals surface area (Å²) < 4.78 is 1.27. The average molecular weight is 1400 g/mol. The first-order valence-electron chi connectivity index (χ1n) is 18.6. The van der Waals surface area contributed by atoms with E-state index in [1.54, 1.807) is 62.4 Å².